The van der Waals surface area contributed by atoms with Crippen LogP contribution in [-0.4, -0.2) is 4.90 Å². The Labute approximate surface area is 92.7 Å². The van der Waals surface area contributed by atoms with Gasteiger partial charge in [0.1, 0.15) is 0 Å². The molecule has 1 rings (SSSR count). The van der Waals surface area contributed by atoms with Crippen molar-refractivity contribution in [2.45, 2.75) is 26.8 Å². The van der Waals surface area contributed by atoms with Crippen molar-refractivity contribution in [2.75, 3.05) is 0 Å². The number of benzene rings is 1. The van der Waals surface area contributed by atoms with Crippen LogP contribution in [0.4, 0.5) is 0 Å². The first-order valence-corrected chi connectivity index (χ1v) is 5.25. The van der Waals surface area contributed by atoms with Crippen molar-refractivity contribution in [2.24, 2.45) is 0 Å². The van der Waals surface area contributed by atoms with Gasteiger partial charge in [-0.3, -0.25) is 0 Å². The third kappa shape index (κ3) is 3.28. The first-order valence-electron chi connectivity index (χ1n) is 5.25. The van der Waals surface area contributed by atoms with E-state index in [2.05, 4.69) is 62.7 Å². The number of allylic oxidation sites excluding steroid dienone is 1. The molecule has 1 nitrogen and oxygen atoms in total. The van der Waals surface area contributed by atoms with E-state index < -0.39 is 0 Å². The molecule has 1 atom stereocenters. The van der Waals surface area contributed by atoms with E-state index >= 15 is 0 Å². The maximum atomic E-state index is 3.84. The van der Waals surface area contributed by atoms with Crippen molar-refractivity contribution >= 4 is 0 Å². The van der Waals surface area contributed by atoms with Crippen LogP contribution in [0.3, 0.4) is 0 Å². The smallest absolute Gasteiger partial charge is 0.0551 e. The van der Waals surface area contributed by atoms with Crippen LogP contribution < -0.4 is 0 Å². The Morgan fingerprint density at radius 1 is 1.27 bits per heavy atom. The maximum Gasteiger partial charge on any atom is 0.0551 e. The van der Waals surface area contributed by atoms with Gasteiger partial charge in [-0.1, -0.05) is 42.5 Å². The summed E-state index contributed by atoms with van der Waals surface area (Å²) in [4.78, 5) is 2.13. The summed E-state index contributed by atoms with van der Waals surface area (Å²) < 4.78 is 0. The van der Waals surface area contributed by atoms with Crippen LogP contribution >= 0.6 is 0 Å². The summed E-state index contributed by atoms with van der Waals surface area (Å²) >= 11 is 0. The molecule has 1 heteroatoms. The first-order chi connectivity index (χ1) is 7.15. The third-order valence-electron chi connectivity index (χ3n) is 2.35. The summed E-state index contributed by atoms with van der Waals surface area (Å²) in [5, 5.41) is 0. The lowest BCUT2D eigenvalue weighted by atomic mass is 10.1. The number of hydrogen-bond donors (Lipinski definition) is 0. The molecule has 1 aromatic rings. The highest BCUT2D eigenvalue weighted by atomic mass is 15.1. The molecule has 80 valence electrons. The number of nitrogens with zero attached hydrogens (tertiary/aromatic N) is 1. The quantitative estimate of drug-likeness (QED) is 0.708. The van der Waals surface area contributed by atoms with Crippen LogP contribution in [0, 0.1) is 0 Å². The van der Waals surface area contributed by atoms with Gasteiger partial charge in [0.15, 0.2) is 0 Å². The molecule has 0 fully saturated rings. The van der Waals surface area contributed by atoms with Crippen molar-refractivity contribution in [1.29, 1.82) is 0 Å². The van der Waals surface area contributed by atoms with Gasteiger partial charge in [-0.05, 0) is 32.5 Å². The van der Waals surface area contributed by atoms with Crippen molar-refractivity contribution in [3.63, 3.8) is 0 Å². The van der Waals surface area contributed by atoms with Gasteiger partial charge in [-0.25, -0.2) is 0 Å². The zero-order valence-electron chi connectivity index (χ0n) is 9.77. The Morgan fingerprint density at radius 2 is 1.87 bits per heavy atom. The lowest BCUT2D eigenvalue weighted by Gasteiger charge is -2.24. The molecule has 0 radical (unpaired) electrons. The molecule has 0 heterocycles. The van der Waals surface area contributed by atoms with Crippen LogP contribution in [-0.2, 0) is 0 Å². The van der Waals surface area contributed by atoms with E-state index in [4.69, 9.17) is 0 Å². The van der Waals surface area contributed by atoms with E-state index in [0.29, 0.717) is 6.04 Å². The molecule has 0 saturated heterocycles. The summed E-state index contributed by atoms with van der Waals surface area (Å²) in [5.41, 5.74) is 2.58. The highest BCUT2D eigenvalue weighted by Gasteiger charge is 2.08. The Morgan fingerprint density at radius 3 is 2.33 bits per heavy atom. The molecule has 15 heavy (non-hydrogen) atoms. The summed E-state index contributed by atoms with van der Waals surface area (Å²) in [5.74, 6) is 0. The largest absolute Gasteiger partial charge is 0.348 e. The van der Waals surface area contributed by atoms with Crippen molar-refractivity contribution in [1.82, 2.24) is 4.90 Å². The molecule has 0 spiro atoms. The highest BCUT2D eigenvalue weighted by molar-refractivity contribution is 5.20. The van der Waals surface area contributed by atoms with Crippen LogP contribution in [0.25, 0.3) is 0 Å². The van der Waals surface area contributed by atoms with Gasteiger partial charge >= 0.3 is 0 Å². The average Bonchev–Trinajstić information content (AvgIpc) is 2.26. The zero-order valence-corrected chi connectivity index (χ0v) is 9.77. The summed E-state index contributed by atoms with van der Waals surface area (Å²) in [6, 6.07) is 10.8. The Kier molecular flexibility index (Phi) is 4.17. The van der Waals surface area contributed by atoms with Crippen LogP contribution in [0.1, 0.15) is 32.4 Å². The van der Waals surface area contributed by atoms with Gasteiger partial charge in [0, 0.05) is 6.20 Å². The van der Waals surface area contributed by atoms with E-state index in [1.54, 1.807) is 0 Å². The molecular formula is C14H19N. The second-order valence-corrected chi connectivity index (χ2v) is 3.92. The number of hydrogen-bond acceptors (Lipinski definition) is 1. The molecule has 0 bridgehead atoms. The van der Waals surface area contributed by atoms with Gasteiger partial charge in [0.25, 0.3) is 0 Å². The monoisotopic (exact) mass is 201 g/mol. The van der Waals surface area contributed by atoms with Crippen LogP contribution in [0.15, 0.2) is 54.9 Å². The second kappa shape index (κ2) is 5.40. The Balaban J connectivity index is 2.87. The van der Waals surface area contributed by atoms with Crippen LogP contribution in [0.5, 0.6) is 0 Å². The molecule has 0 N–H and O–H groups in total. The fraction of sp³-hybridized carbons (Fsp3) is 0.286. The predicted octanol–water partition coefficient (Wildman–Crippen LogP) is 4.12. The molecule has 0 aliphatic rings. The van der Waals surface area contributed by atoms with Crippen molar-refractivity contribution in [3.05, 3.63) is 60.4 Å². The van der Waals surface area contributed by atoms with E-state index in [-0.39, 0.29) is 0 Å². The molecule has 1 unspecified atom stereocenters. The van der Waals surface area contributed by atoms with Gasteiger partial charge in [-0.2, -0.15) is 0 Å². The molecule has 1 aromatic carbocycles. The Hall–Kier alpha value is -1.50. The maximum absolute atomic E-state index is 3.84. The molecule has 0 aliphatic heterocycles. The highest BCUT2D eigenvalue weighted by Crippen LogP contribution is 2.20. The molecule has 0 aromatic heterocycles. The number of rotatable bonds is 4. The van der Waals surface area contributed by atoms with Crippen molar-refractivity contribution in [3.8, 4) is 0 Å². The zero-order chi connectivity index (χ0) is 11.3. The summed E-state index contributed by atoms with van der Waals surface area (Å²) in [7, 11) is 0. The lowest BCUT2D eigenvalue weighted by molar-refractivity contribution is 0.400. The third-order valence-corrected chi connectivity index (χ3v) is 2.35. The fourth-order valence-corrected chi connectivity index (χ4v) is 1.52. The van der Waals surface area contributed by atoms with Crippen molar-refractivity contribution < 1.29 is 0 Å². The van der Waals surface area contributed by atoms with Gasteiger partial charge in [0.2, 0.25) is 0 Å². The minimum absolute atomic E-state index is 0.332. The van der Waals surface area contributed by atoms with E-state index in [0.717, 1.165) is 0 Å². The summed E-state index contributed by atoms with van der Waals surface area (Å²) in [6.45, 7) is 10.2. The van der Waals surface area contributed by atoms with Gasteiger partial charge < -0.3 is 4.90 Å². The molecule has 0 saturated carbocycles. The standard InChI is InChI=1S/C14H19N/c1-5-15(11-12(2)3)13(4)14-9-7-6-8-10-14/h5-11,13H,1H2,2-4H3. The normalized spacial score (nSPS) is 11.7. The topological polar surface area (TPSA) is 3.24 Å². The van der Waals surface area contributed by atoms with E-state index in [1.807, 2.05) is 12.3 Å². The average molecular weight is 201 g/mol. The minimum Gasteiger partial charge on any atom is -0.348 e. The van der Waals surface area contributed by atoms with E-state index in [9.17, 15) is 0 Å². The first kappa shape index (κ1) is 11.6. The second-order valence-electron chi connectivity index (χ2n) is 3.92. The molecule has 0 aliphatic carbocycles. The van der Waals surface area contributed by atoms with Gasteiger partial charge in [-0.15, -0.1) is 0 Å². The summed E-state index contributed by atoms with van der Waals surface area (Å²) in [6.07, 6.45) is 3.98. The molecular weight excluding hydrogens is 182 g/mol. The lowest BCUT2D eigenvalue weighted by Crippen LogP contribution is -2.14. The fourth-order valence-electron chi connectivity index (χ4n) is 1.52. The Bertz CT molecular complexity index is 334. The SMILES string of the molecule is C=CN(C=C(C)C)C(C)c1ccccc1. The van der Waals surface area contributed by atoms with Gasteiger partial charge in [0.05, 0.1) is 6.04 Å². The van der Waals surface area contributed by atoms with E-state index in [1.165, 1.54) is 11.1 Å². The predicted molar refractivity (Wildman–Crippen MR) is 66.3 cm³/mol. The van der Waals surface area contributed by atoms with Crippen LogP contribution in [0.2, 0.25) is 0 Å². The molecule has 0 amide bonds. The minimum atomic E-state index is 0.332.